The van der Waals surface area contributed by atoms with Gasteiger partial charge < -0.3 is 5.32 Å². The van der Waals surface area contributed by atoms with Gasteiger partial charge in [0.2, 0.25) is 5.91 Å². The highest BCUT2D eigenvalue weighted by Crippen LogP contribution is 2.25. The van der Waals surface area contributed by atoms with Crippen LogP contribution in [0.15, 0.2) is 78.2 Å². The first-order valence-corrected chi connectivity index (χ1v) is 10.2. The Morgan fingerprint density at radius 2 is 1.61 bits per heavy atom. The largest absolute Gasteiger partial charge is 0.345 e. The van der Waals surface area contributed by atoms with Gasteiger partial charge in [-0.2, -0.15) is 0 Å². The summed E-state index contributed by atoms with van der Waals surface area (Å²) in [5, 5.41) is 8.23. The number of hydrogen-bond donors (Lipinski definition) is 2. The fourth-order valence-electron chi connectivity index (χ4n) is 3.07. The van der Waals surface area contributed by atoms with Crippen molar-refractivity contribution in [3.8, 4) is 0 Å². The second-order valence-corrected chi connectivity index (χ2v) is 7.64. The van der Waals surface area contributed by atoms with Gasteiger partial charge in [-0.3, -0.25) is 14.9 Å². The number of benzene rings is 2. The van der Waals surface area contributed by atoms with E-state index >= 15 is 0 Å². The summed E-state index contributed by atoms with van der Waals surface area (Å²) in [4.78, 5) is 25.7. The van der Waals surface area contributed by atoms with E-state index in [9.17, 15) is 9.59 Å². The van der Waals surface area contributed by atoms with Gasteiger partial charge in [0.05, 0.1) is 18.6 Å². The molecule has 5 heteroatoms. The van der Waals surface area contributed by atoms with Gasteiger partial charge in [-0.15, -0.1) is 11.3 Å². The van der Waals surface area contributed by atoms with Crippen molar-refractivity contribution < 1.29 is 9.59 Å². The van der Waals surface area contributed by atoms with E-state index < -0.39 is 6.04 Å². The Labute approximate surface area is 169 Å². The number of Topliss-reactive ketones (excluding diaryl/α,β-unsaturated/α-hetero) is 1. The minimum atomic E-state index is -0.520. The number of nitrogens with one attached hydrogen (secondary N) is 2. The molecule has 0 aliphatic carbocycles. The SMILES string of the molecule is CC(=O)[C@@H](Cc1ccccc1)NC(=O)CN[C@@H](c1ccccc1)c1cccs1. The summed E-state index contributed by atoms with van der Waals surface area (Å²) in [6.07, 6.45) is 0.495. The van der Waals surface area contributed by atoms with Crippen molar-refractivity contribution in [1.82, 2.24) is 10.6 Å². The van der Waals surface area contributed by atoms with E-state index in [4.69, 9.17) is 0 Å². The maximum Gasteiger partial charge on any atom is 0.234 e. The molecule has 0 spiro atoms. The molecule has 0 aliphatic rings. The first-order valence-electron chi connectivity index (χ1n) is 9.29. The van der Waals surface area contributed by atoms with Crippen LogP contribution in [0.3, 0.4) is 0 Å². The first-order chi connectivity index (χ1) is 13.6. The van der Waals surface area contributed by atoms with Crippen LogP contribution in [0.1, 0.15) is 29.0 Å². The van der Waals surface area contributed by atoms with Gasteiger partial charge in [0.25, 0.3) is 0 Å². The van der Waals surface area contributed by atoms with E-state index in [-0.39, 0.29) is 24.3 Å². The zero-order valence-corrected chi connectivity index (χ0v) is 16.6. The van der Waals surface area contributed by atoms with Crippen molar-refractivity contribution >= 4 is 23.0 Å². The van der Waals surface area contributed by atoms with Crippen molar-refractivity contribution in [1.29, 1.82) is 0 Å². The number of rotatable bonds is 9. The van der Waals surface area contributed by atoms with Crippen LogP contribution in [0, 0.1) is 0 Å². The molecular weight excluding hydrogens is 368 g/mol. The van der Waals surface area contributed by atoms with Crippen LogP contribution in [0.25, 0.3) is 0 Å². The quantitative estimate of drug-likeness (QED) is 0.583. The van der Waals surface area contributed by atoms with Crippen LogP contribution in [0.2, 0.25) is 0 Å². The normalized spacial score (nSPS) is 12.9. The summed E-state index contributed by atoms with van der Waals surface area (Å²) in [5.74, 6) is -0.233. The Balaban J connectivity index is 1.63. The number of carbonyl (C=O) groups is 2. The van der Waals surface area contributed by atoms with Crippen LogP contribution in [0.4, 0.5) is 0 Å². The molecule has 1 heterocycles. The molecule has 0 aliphatic heterocycles. The maximum absolute atomic E-state index is 12.5. The summed E-state index contributed by atoms with van der Waals surface area (Å²) in [6.45, 7) is 1.65. The maximum atomic E-state index is 12.5. The Kier molecular flexibility index (Phi) is 7.12. The summed E-state index contributed by atoms with van der Waals surface area (Å²) in [5.41, 5.74) is 2.13. The molecule has 0 bridgehead atoms. The van der Waals surface area contributed by atoms with Crippen LogP contribution in [-0.2, 0) is 16.0 Å². The Morgan fingerprint density at radius 1 is 0.929 bits per heavy atom. The summed E-state index contributed by atoms with van der Waals surface area (Å²) < 4.78 is 0. The number of carbonyl (C=O) groups excluding carboxylic acids is 2. The third kappa shape index (κ3) is 5.62. The molecule has 2 atom stereocenters. The molecule has 1 amide bonds. The number of ketones is 1. The third-order valence-corrected chi connectivity index (χ3v) is 5.47. The van der Waals surface area contributed by atoms with Gasteiger partial charge in [-0.25, -0.2) is 0 Å². The van der Waals surface area contributed by atoms with E-state index in [1.807, 2.05) is 72.1 Å². The predicted octanol–water partition coefficient (Wildman–Crippen LogP) is 3.74. The zero-order valence-electron chi connectivity index (χ0n) is 15.8. The highest BCUT2D eigenvalue weighted by Gasteiger charge is 2.20. The lowest BCUT2D eigenvalue weighted by Gasteiger charge is -2.20. The Morgan fingerprint density at radius 3 is 2.21 bits per heavy atom. The molecule has 0 radical (unpaired) electrons. The van der Waals surface area contributed by atoms with Crippen molar-refractivity contribution in [2.75, 3.05) is 6.54 Å². The monoisotopic (exact) mass is 392 g/mol. The smallest absolute Gasteiger partial charge is 0.234 e. The molecule has 0 saturated carbocycles. The molecular formula is C23H24N2O2S. The van der Waals surface area contributed by atoms with E-state index in [2.05, 4.69) is 16.7 Å². The summed E-state index contributed by atoms with van der Waals surface area (Å²) in [7, 11) is 0. The lowest BCUT2D eigenvalue weighted by Crippen LogP contribution is -2.45. The lowest BCUT2D eigenvalue weighted by molar-refractivity contribution is -0.126. The van der Waals surface area contributed by atoms with Crippen molar-refractivity contribution in [2.24, 2.45) is 0 Å². The molecule has 144 valence electrons. The molecule has 0 saturated heterocycles. The summed E-state index contributed by atoms with van der Waals surface area (Å²) in [6, 6.07) is 23.2. The molecule has 0 unspecified atom stereocenters. The second kappa shape index (κ2) is 9.97. The summed E-state index contributed by atoms with van der Waals surface area (Å²) >= 11 is 1.65. The Bertz CT molecular complexity index is 879. The van der Waals surface area contributed by atoms with Gasteiger partial charge in [0.15, 0.2) is 5.78 Å². The van der Waals surface area contributed by atoms with Crippen LogP contribution >= 0.6 is 11.3 Å². The topological polar surface area (TPSA) is 58.2 Å². The van der Waals surface area contributed by atoms with Crippen molar-refractivity contribution in [3.05, 3.63) is 94.2 Å². The highest BCUT2D eigenvalue weighted by atomic mass is 32.1. The van der Waals surface area contributed by atoms with Crippen LogP contribution in [0.5, 0.6) is 0 Å². The molecule has 3 aromatic rings. The Hall–Kier alpha value is -2.76. The molecule has 2 aromatic carbocycles. The first kappa shape index (κ1) is 20.0. The minimum absolute atomic E-state index is 0.0462. The number of amides is 1. The van der Waals surface area contributed by atoms with Gasteiger partial charge in [0.1, 0.15) is 0 Å². The van der Waals surface area contributed by atoms with Gasteiger partial charge >= 0.3 is 0 Å². The van der Waals surface area contributed by atoms with Crippen molar-refractivity contribution in [2.45, 2.75) is 25.4 Å². The second-order valence-electron chi connectivity index (χ2n) is 6.66. The molecule has 0 fully saturated rings. The van der Waals surface area contributed by atoms with E-state index in [1.165, 1.54) is 6.92 Å². The molecule has 3 rings (SSSR count). The number of thiophene rings is 1. The third-order valence-electron chi connectivity index (χ3n) is 4.54. The van der Waals surface area contributed by atoms with Gasteiger partial charge in [0, 0.05) is 4.88 Å². The lowest BCUT2D eigenvalue weighted by atomic mass is 10.0. The highest BCUT2D eigenvalue weighted by molar-refractivity contribution is 7.10. The van der Waals surface area contributed by atoms with E-state index in [0.29, 0.717) is 6.42 Å². The fourth-order valence-corrected chi connectivity index (χ4v) is 3.90. The average molecular weight is 393 g/mol. The predicted molar refractivity (Wildman–Crippen MR) is 113 cm³/mol. The van der Waals surface area contributed by atoms with Gasteiger partial charge in [-0.1, -0.05) is 66.7 Å². The van der Waals surface area contributed by atoms with Crippen LogP contribution in [-0.4, -0.2) is 24.3 Å². The molecule has 2 N–H and O–H groups in total. The van der Waals surface area contributed by atoms with Crippen molar-refractivity contribution in [3.63, 3.8) is 0 Å². The van der Waals surface area contributed by atoms with Gasteiger partial charge in [-0.05, 0) is 35.9 Å². The molecule has 4 nitrogen and oxygen atoms in total. The average Bonchev–Trinajstić information content (AvgIpc) is 3.24. The molecule has 1 aromatic heterocycles. The van der Waals surface area contributed by atoms with E-state index in [0.717, 1.165) is 16.0 Å². The minimum Gasteiger partial charge on any atom is -0.345 e. The van der Waals surface area contributed by atoms with E-state index in [1.54, 1.807) is 11.3 Å². The number of hydrogen-bond acceptors (Lipinski definition) is 4. The fraction of sp³-hybridized carbons (Fsp3) is 0.217. The zero-order chi connectivity index (χ0) is 19.8. The standard InChI is InChI=1S/C23H24N2O2S/c1-17(26)20(15-18-9-4-2-5-10-18)25-22(27)16-24-23(21-13-8-14-28-21)19-11-6-3-7-12-19/h2-14,20,23-24H,15-16H2,1H3,(H,25,27)/t20-,23+/m1/s1. The molecule has 28 heavy (non-hydrogen) atoms. The van der Waals surface area contributed by atoms with Crippen LogP contribution < -0.4 is 10.6 Å².